The Balaban J connectivity index is 1.83. The summed E-state index contributed by atoms with van der Waals surface area (Å²) in [6, 6.07) is 0.0787. The minimum Gasteiger partial charge on any atom is -0.341 e. The Hall–Kier alpha value is -0.610. The van der Waals surface area contributed by atoms with E-state index in [2.05, 4.69) is 29.1 Å². The van der Waals surface area contributed by atoms with E-state index in [0.29, 0.717) is 11.8 Å². The third kappa shape index (κ3) is 4.18. The molecule has 0 aromatic carbocycles. The molecule has 2 unspecified atom stereocenters. The van der Waals surface area contributed by atoms with E-state index in [-0.39, 0.29) is 6.04 Å². The molecule has 2 rings (SSSR count). The maximum Gasteiger partial charge on any atom is 0.239 e. The Morgan fingerprint density at radius 1 is 1.26 bits per heavy atom. The number of nitrogens with zero attached hydrogens (tertiary/aromatic N) is 2. The monoisotopic (exact) mass is 267 g/mol. The van der Waals surface area contributed by atoms with Gasteiger partial charge in [0.25, 0.3) is 0 Å². The first-order valence-electron chi connectivity index (χ1n) is 7.91. The molecular formula is C15H29N3O. The second kappa shape index (κ2) is 7.25. The number of hydrogen-bond acceptors (Lipinski definition) is 3. The fourth-order valence-electron chi connectivity index (χ4n) is 3.36. The molecule has 0 spiro atoms. The van der Waals surface area contributed by atoms with Crippen LogP contribution in [0.5, 0.6) is 0 Å². The third-order valence-corrected chi connectivity index (χ3v) is 4.37. The van der Waals surface area contributed by atoms with Gasteiger partial charge in [-0.3, -0.25) is 4.79 Å². The van der Waals surface area contributed by atoms with E-state index in [9.17, 15) is 4.79 Å². The van der Waals surface area contributed by atoms with Gasteiger partial charge >= 0.3 is 0 Å². The van der Waals surface area contributed by atoms with Crippen LogP contribution in [0.15, 0.2) is 0 Å². The minimum atomic E-state index is 0.0787. The van der Waals surface area contributed by atoms with Gasteiger partial charge in [-0.25, -0.2) is 0 Å². The molecule has 2 saturated heterocycles. The lowest BCUT2D eigenvalue weighted by Gasteiger charge is -2.37. The minimum absolute atomic E-state index is 0.0787. The summed E-state index contributed by atoms with van der Waals surface area (Å²) in [6.07, 6.45) is 5.81. The van der Waals surface area contributed by atoms with Gasteiger partial charge in [0.05, 0.1) is 6.04 Å². The molecule has 0 radical (unpaired) electrons. The Morgan fingerprint density at radius 3 is 2.79 bits per heavy atom. The van der Waals surface area contributed by atoms with Crippen molar-refractivity contribution >= 4 is 5.91 Å². The van der Waals surface area contributed by atoms with Crippen LogP contribution >= 0.6 is 0 Å². The van der Waals surface area contributed by atoms with Crippen LogP contribution < -0.4 is 5.32 Å². The molecule has 2 fully saturated rings. The van der Waals surface area contributed by atoms with Crippen molar-refractivity contribution in [3.8, 4) is 0 Å². The molecule has 4 heteroatoms. The van der Waals surface area contributed by atoms with Gasteiger partial charge in [-0.1, -0.05) is 6.92 Å². The Bertz CT molecular complexity index is 295. The van der Waals surface area contributed by atoms with Crippen LogP contribution in [0.1, 0.15) is 39.0 Å². The van der Waals surface area contributed by atoms with Gasteiger partial charge < -0.3 is 15.1 Å². The normalized spacial score (nSPS) is 29.8. The van der Waals surface area contributed by atoms with Crippen molar-refractivity contribution < 1.29 is 4.79 Å². The van der Waals surface area contributed by atoms with Crippen LogP contribution in [0, 0.1) is 5.92 Å². The molecule has 2 aliphatic rings. The van der Waals surface area contributed by atoms with Gasteiger partial charge in [-0.2, -0.15) is 0 Å². The molecule has 1 amide bonds. The lowest BCUT2D eigenvalue weighted by atomic mass is 9.96. The number of amides is 1. The van der Waals surface area contributed by atoms with Crippen molar-refractivity contribution in [2.45, 2.75) is 45.1 Å². The number of carbonyl (C=O) groups is 1. The number of rotatable bonds is 5. The summed E-state index contributed by atoms with van der Waals surface area (Å²) in [6.45, 7) is 7.39. The zero-order valence-electron chi connectivity index (χ0n) is 12.5. The molecule has 4 nitrogen and oxygen atoms in total. The van der Waals surface area contributed by atoms with Crippen LogP contribution in [0.2, 0.25) is 0 Å². The number of piperidine rings is 2. The van der Waals surface area contributed by atoms with Crippen molar-refractivity contribution in [1.82, 2.24) is 15.1 Å². The lowest BCUT2D eigenvalue weighted by Crippen LogP contribution is -2.53. The molecule has 2 atom stereocenters. The van der Waals surface area contributed by atoms with Gasteiger partial charge in [0.1, 0.15) is 0 Å². The highest BCUT2D eigenvalue weighted by atomic mass is 16.2. The van der Waals surface area contributed by atoms with Crippen LogP contribution in [-0.4, -0.2) is 61.5 Å². The molecule has 0 aromatic rings. The first-order chi connectivity index (χ1) is 9.20. The zero-order valence-corrected chi connectivity index (χ0v) is 12.5. The van der Waals surface area contributed by atoms with Crippen LogP contribution in [0.4, 0.5) is 0 Å². The van der Waals surface area contributed by atoms with Crippen molar-refractivity contribution in [2.75, 3.05) is 39.8 Å². The first-order valence-corrected chi connectivity index (χ1v) is 7.91. The predicted octanol–water partition coefficient (Wildman–Crippen LogP) is 1.32. The quantitative estimate of drug-likeness (QED) is 0.816. The number of hydrogen-bond donors (Lipinski definition) is 1. The van der Waals surface area contributed by atoms with E-state index in [1.165, 1.54) is 19.4 Å². The molecule has 0 saturated carbocycles. The second-order valence-corrected chi connectivity index (χ2v) is 6.20. The highest BCUT2D eigenvalue weighted by molar-refractivity contribution is 5.82. The van der Waals surface area contributed by atoms with Crippen LogP contribution in [-0.2, 0) is 4.79 Å². The van der Waals surface area contributed by atoms with Gasteiger partial charge in [-0.15, -0.1) is 0 Å². The smallest absolute Gasteiger partial charge is 0.239 e. The third-order valence-electron chi connectivity index (χ3n) is 4.37. The fourth-order valence-corrected chi connectivity index (χ4v) is 3.36. The van der Waals surface area contributed by atoms with Gasteiger partial charge in [0.15, 0.2) is 0 Å². The summed E-state index contributed by atoms with van der Waals surface area (Å²) >= 11 is 0. The highest BCUT2D eigenvalue weighted by Gasteiger charge is 2.30. The molecule has 19 heavy (non-hydrogen) atoms. The molecule has 0 aliphatic carbocycles. The average Bonchev–Trinajstić information content (AvgIpc) is 2.40. The van der Waals surface area contributed by atoms with Crippen molar-refractivity contribution in [2.24, 2.45) is 5.92 Å². The SMILES string of the molecule is CCCNC1CCCN(CC2CCCN(C)C2)C1=O. The van der Waals surface area contributed by atoms with E-state index in [0.717, 1.165) is 45.4 Å². The molecule has 2 aliphatic heterocycles. The standard InChI is InChI=1S/C15H29N3O/c1-3-8-16-14-7-5-10-18(15(14)19)12-13-6-4-9-17(2)11-13/h13-14,16H,3-12H2,1-2H3. The highest BCUT2D eigenvalue weighted by Crippen LogP contribution is 2.19. The summed E-state index contributed by atoms with van der Waals surface area (Å²) in [5.74, 6) is 1.01. The molecule has 0 bridgehead atoms. The maximum absolute atomic E-state index is 12.4. The molecule has 0 aromatic heterocycles. The average molecular weight is 267 g/mol. The number of carbonyl (C=O) groups excluding carboxylic acids is 1. The predicted molar refractivity (Wildman–Crippen MR) is 78.1 cm³/mol. The second-order valence-electron chi connectivity index (χ2n) is 6.20. The summed E-state index contributed by atoms with van der Waals surface area (Å²) in [7, 11) is 2.19. The Labute approximate surface area is 117 Å². The summed E-state index contributed by atoms with van der Waals surface area (Å²) < 4.78 is 0. The van der Waals surface area contributed by atoms with Crippen molar-refractivity contribution in [1.29, 1.82) is 0 Å². The molecule has 1 N–H and O–H groups in total. The van der Waals surface area contributed by atoms with Crippen LogP contribution in [0.3, 0.4) is 0 Å². The van der Waals surface area contributed by atoms with E-state index in [1.807, 2.05) is 0 Å². The van der Waals surface area contributed by atoms with E-state index >= 15 is 0 Å². The summed E-state index contributed by atoms with van der Waals surface area (Å²) in [4.78, 5) is 16.9. The maximum atomic E-state index is 12.4. The Kier molecular flexibility index (Phi) is 5.64. The largest absolute Gasteiger partial charge is 0.341 e. The van der Waals surface area contributed by atoms with E-state index < -0.39 is 0 Å². The molecule has 110 valence electrons. The first kappa shape index (κ1) is 14.8. The molecular weight excluding hydrogens is 238 g/mol. The number of nitrogens with one attached hydrogen (secondary N) is 1. The van der Waals surface area contributed by atoms with Crippen molar-refractivity contribution in [3.05, 3.63) is 0 Å². The zero-order chi connectivity index (χ0) is 13.7. The summed E-state index contributed by atoms with van der Waals surface area (Å²) in [5.41, 5.74) is 0. The van der Waals surface area contributed by atoms with Gasteiger partial charge in [-0.05, 0) is 58.2 Å². The van der Waals surface area contributed by atoms with Crippen molar-refractivity contribution in [3.63, 3.8) is 0 Å². The van der Waals surface area contributed by atoms with Gasteiger partial charge in [0, 0.05) is 19.6 Å². The number of likely N-dealkylation sites (tertiary alicyclic amines) is 2. The molecule has 2 heterocycles. The summed E-state index contributed by atoms with van der Waals surface area (Å²) in [5, 5.41) is 3.40. The topological polar surface area (TPSA) is 35.6 Å². The Morgan fingerprint density at radius 2 is 2.05 bits per heavy atom. The fraction of sp³-hybridized carbons (Fsp3) is 0.933. The van der Waals surface area contributed by atoms with E-state index in [1.54, 1.807) is 0 Å². The van der Waals surface area contributed by atoms with Gasteiger partial charge in [0.2, 0.25) is 5.91 Å². The van der Waals surface area contributed by atoms with E-state index in [4.69, 9.17) is 0 Å². The lowest BCUT2D eigenvalue weighted by molar-refractivity contribution is -0.136. The van der Waals surface area contributed by atoms with Crippen LogP contribution in [0.25, 0.3) is 0 Å².